The zero-order chi connectivity index (χ0) is 34.2. The van der Waals surface area contributed by atoms with Gasteiger partial charge in [0.2, 0.25) is 0 Å². The van der Waals surface area contributed by atoms with Gasteiger partial charge in [-0.05, 0) is 37.4 Å². The van der Waals surface area contributed by atoms with E-state index in [1.807, 2.05) is 0 Å². The molecule has 1 fully saturated rings. The molecule has 0 saturated carbocycles. The summed E-state index contributed by atoms with van der Waals surface area (Å²) >= 11 is 0. The van der Waals surface area contributed by atoms with Gasteiger partial charge in [0.05, 0.1) is 145 Å². The third-order valence-electron chi connectivity index (χ3n) is 7.51. The first-order valence-electron chi connectivity index (χ1n) is 17.5. The molecular formula is C33H68O13Si. The molecule has 1 atom stereocenters. The summed E-state index contributed by atoms with van der Waals surface area (Å²) in [5, 5.41) is 0.218. The lowest BCUT2D eigenvalue weighted by Gasteiger charge is -2.36. The highest BCUT2D eigenvalue weighted by Crippen LogP contribution is 2.36. The van der Waals surface area contributed by atoms with Crippen molar-refractivity contribution in [2.75, 3.05) is 152 Å². The third-order valence-corrected chi connectivity index (χ3v) is 12.1. The maximum atomic E-state index is 6.08. The number of hydrogen-bond acceptors (Lipinski definition) is 13. The zero-order valence-corrected chi connectivity index (χ0v) is 31.3. The van der Waals surface area contributed by atoms with Gasteiger partial charge in [0.25, 0.3) is 0 Å². The predicted molar refractivity (Wildman–Crippen MR) is 181 cm³/mol. The first-order chi connectivity index (χ1) is 22.8. The van der Waals surface area contributed by atoms with Gasteiger partial charge < -0.3 is 61.3 Å². The molecule has 14 heteroatoms. The second kappa shape index (κ2) is 31.7. The van der Waals surface area contributed by atoms with Crippen LogP contribution in [0.25, 0.3) is 0 Å². The first-order valence-corrected chi connectivity index (χ1v) is 20.4. The van der Waals surface area contributed by atoms with E-state index in [1.54, 1.807) is 0 Å². The minimum atomic E-state index is -1.70. The molecule has 0 radical (unpaired) electrons. The molecule has 13 nitrogen and oxygen atoms in total. The van der Waals surface area contributed by atoms with E-state index in [0.717, 1.165) is 19.4 Å². The third kappa shape index (κ3) is 29.2. The molecule has 0 aromatic carbocycles. The highest BCUT2D eigenvalue weighted by molar-refractivity contribution is 6.74. The molecule has 0 aromatic heterocycles. The molecule has 1 unspecified atom stereocenters. The average molecular weight is 701 g/mol. The van der Waals surface area contributed by atoms with Crippen molar-refractivity contribution in [2.45, 2.75) is 64.5 Å². The van der Waals surface area contributed by atoms with Crippen LogP contribution in [0.4, 0.5) is 0 Å². The molecule has 1 aliphatic rings. The molecule has 1 saturated heterocycles. The fourth-order valence-electron chi connectivity index (χ4n) is 3.73. The quantitative estimate of drug-likeness (QED) is 0.0707. The Hall–Kier alpha value is -0.303. The van der Waals surface area contributed by atoms with E-state index >= 15 is 0 Å². The van der Waals surface area contributed by atoms with Crippen LogP contribution in [0.1, 0.15) is 40.0 Å². The Balaban J connectivity index is 1.63. The van der Waals surface area contributed by atoms with Crippen LogP contribution < -0.4 is 0 Å². The van der Waals surface area contributed by atoms with Gasteiger partial charge in [-0.25, -0.2) is 0 Å². The van der Waals surface area contributed by atoms with Crippen LogP contribution in [0, 0.1) is 0 Å². The summed E-state index contributed by atoms with van der Waals surface area (Å²) in [7, 11) is -1.70. The van der Waals surface area contributed by atoms with E-state index in [-0.39, 0.29) is 11.3 Å². The SMILES string of the molecule is CC(C)(C)[Si](C)(C)OCCOCCOCCOCCOCCOCCOCCOCCOCCOCCOCCOC1CCCCO1. The standard InChI is InChI=1S/C33H68O13Si/c1-33(2,3)47(4,5)46-31-29-43-27-25-41-23-21-39-19-17-37-15-13-35-11-10-34-12-14-36-16-18-38-20-22-40-24-26-42-28-30-45-32-8-6-7-9-44-32/h32H,6-31H2,1-5H3. The summed E-state index contributed by atoms with van der Waals surface area (Å²) < 4.78 is 72.3. The summed E-state index contributed by atoms with van der Waals surface area (Å²) in [6, 6.07) is 0. The maximum Gasteiger partial charge on any atom is 0.192 e. The van der Waals surface area contributed by atoms with E-state index in [4.69, 9.17) is 61.3 Å². The van der Waals surface area contributed by atoms with Gasteiger partial charge in [0.15, 0.2) is 14.6 Å². The molecule has 0 spiro atoms. The highest BCUT2D eigenvalue weighted by atomic mass is 28.4. The molecule has 47 heavy (non-hydrogen) atoms. The van der Waals surface area contributed by atoms with Crippen LogP contribution >= 0.6 is 0 Å². The Morgan fingerprint density at radius 3 is 1.02 bits per heavy atom. The van der Waals surface area contributed by atoms with Crippen LogP contribution in [-0.2, 0) is 61.3 Å². The van der Waals surface area contributed by atoms with Crippen molar-refractivity contribution < 1.29 is 61.3 Å². The van der Waals surface area contributed by atoms with E-state index in [2.05, 4.69) is 33.9 Å². The minimum Gasteiger partial charge on any atom is -0.414 e. The first kappa shape index (κ1) is 44.7. The Bertz CT molecular complexity index is 649. The zero-order valence-electron chi connectivity index (χ0n) is 30.3. The number of ether oxygens (including phenoxy) is 12. The maximum absolute atomic E-state index is 6.08. The molecule has 0 aliphatic carbocycles. The molecule has 282 valence electrons. The molecule has 0 amide bonds. The van der Waals surface area contributed by atoms with Gasteiger partial charge in [-0.15, -0.1) is 0 Å². The van der Waals surface area contributed by atoms with Crippen molar-refractivity contribution >= 4 is 8.32 Å². The molecular weight excluding hydrogens is 632 g/mol. The van der Waals surface area contributed by atoms with Crippen molar-refractivity contribution in [3.8, 4) is 0 Å². The molecule has 1 rings (SSSR count). The molecule has 0 bridgehead atoms. The molecule has 1 aliphatic heterocycles. The van der Waals surface area contributed by atoms with E-state index in [0.29, 0.717) is 145 Å². The summed E-state index contributed by atoms with van der Waals surface area (Å²) in [6.07, 6.45) is 3.20. The van der Waals surface area contributed by atoms with Gasteiger partial charge in [-0.2, -0.15) is 0 Å². The normalized spacial score (nSPS) is 15.9. The molecule has 1 heterocycles. The predicted octanol–water partition coefficient (Wildman–Crippen LogP) is 3.72. The van der Waals surface area contributed by atoms with Gasteiger partial charge in [0.1, 0.15) is 0 Å². The Morgan fingerprint density at radius 1 is 0.447 bits per heavy atom. The molecule has 0 N–H and O–H groups in total. The second-order valence-corrected chi connectivity index (χ2v) is 17.2. The largest absolute Gasteiger partial charge is 0.414 e. The lowest BCUT2D eigenvalue weighted by Crippen LogP contribution is -2.41. The molecule has 0 aromatic rings. The Kier molecular flexibility index (Phi) is 30.1. The fourth-order valence-corrected chi connectivity index (χ4v) is 4.76. The van der Waals surface area contributed by atoms with Gasteiger partial charge in [-0.1, -0.05) is 20.8 Å². The lowest BCUT2D eigenvalue weighted by molar-refractivity contribution is -0.169. The van der Waals surface area contributed by atoms with Crippen LogP contribution in [0.2, 0.25) is 18.1 Å². The topological polar surface area (TPSA) is 120 Å². The minimum absolute atomic E-state index is 0.0647. The monoisotopic (exact) mass is 700 g/mol. The van der Waals surface area contributed by atoms with Crippen LogP contribution in [0.5, 0.6) is 0 Å². The van der Waals surface area contributed by atoms with Crippen molar-refractivity contribution in [1.29, 1.82) is 0 Å². The second-order valence-electron chi connectivity index (χ2n) is 12.4. The Labute approximate surface area is 285 Å². The average Bonchev–Trinajstić information content (AvgIpc) is 3.05. The lowest BCUT2D eigenvalue weighted by atomic mass is 10.2. The van der Waals surface area contributed by atoms with Gasteiger partial charge >= 0.3 is 0 Å². The van der Waals surface area contributed by atoms with Crippen LogP contribution in [0.15, 0.2) is 0 Å². The summed E-state index contributed by atoms with van der Waals surface area (Å²) in [6.45, 7) is 23.8. The van der Waals surface area contributed by atoms with Crippen molar-refractivity contribution in [1.82, 2.24) is 0 Å². The Morgan fingerprint density at radius 2 is 0.745 bits per heavy atom. The fraction of sp³-hybridized carbons (Fsp3) is 1.00. The summed E-state index contributed by atoms with van der Waals surface area (Å²) in [4.78, 5) is 0. The number of rotatable bonds is 35. The van der Waals surface area contributed by atoms with Crippen LogP contribution in [0.3, 0.4) is 0 Å². The van der Waals surface area contributed by atoms with Gasteiger partial charge in [0, 0.05) is 6.61 Å². The van der Waals surface area contributed by atoms with Crippen molar-refractivity contribution in [2.24, 2.45) is 0 Å². The van der Waals surface area contributed by atoms with Gasteiger partial charge in [-0.3, -0.25) is 0 Å². The highest BCUT2D eigenvalue weighted by Gasteiger charge is 2.36. The van der Waals surface area contributed by atoms with E-state index in [9.17, 15) is 0 Å². The van der Waals surface area contributed by atoms with E-state index in [1.165, 1.54) is 6.42 Å². The smallest absolute Gasteiger partial charge is 0.192 e. The summed E-state index contributed by atoms with van der Waals surface area (Å²) in [5.41, 5.74) is 0. The van der Waals surface area contributed by atoms with E-state index < -0.39 is 8.32 Å². The summed E-state index contributed by atoms with van der Waals surface area (Å²) in [5.74, 6) is 0. The number of hydrogen-bond donors (Lipinski definition) is 0. The van der Waals surface area contributed by atoms with Crippen LogP contribution in [-0.4, -0.2) is 167 Å². The van der Waals surface area contributed by atoms with Crippen molar-refractivity contribution in [3.05, 3.63) is 0 Å². The van der Waals surface area contributed by atoms with Crippen molar-refractivity contribution in [3.63, 3.8) is 0 Å².